The topological polar surface area (TPSA) is 12.0 Å². The lowest BCUT2D eigenvalue weighted by Crippen LogP contribution is -2.24. The van der Waals surface area contributed by atoms with E-state index in [1.54, 1.807) is 12.1 Å². The zero-order valence-corrected chi connectivity index (χ0v) is 10.3. The van der Waals surface area contributed by atoms with Crippen molar-refractivity contribution in [1.29, 1.82) is 0 Å². The van der Waals surface area contributed by atoms with E-state index < -0.39 is 0 Å². The summed E-state index contributed by atoms with van der Waals surface area (Å²) < 4.78 is 13.5. The fraction of sp³-hybridized carbons (Fsp3) is 0.571. The Bertz CT molecular complexity index is 299. The number of hydrogen-bond donors (Lipinski definition) is 1. The molecule has 16 heavy (non-hydrogen) atoms. The first kappa shape index (κ1) is 13.2. The molecule has 1 N–H and O–H groups in total. The van der Waals surface area contributed by atoms with Crippen molar-refractivity contribution in [2.45, 2.75) is 33.1 Å². The first-order chi connectivity index (χ1) is 7.77. The minimum absolute atomic E-state index is 0.0694. The Labute approximate surface area is 98.1 Å². The third-order valence-corrected chi connectivity index (χ3v) is 2.85. The molecule has 0 aliphatic rings. The Morgan fingerprint density at radius 1 is 1.25 bits per heavy atom. The number of rotatable bonds is 7. The van der Waals surface area contributed by atoms with Crippen LogP contribution in [0.1, 0.15) is 32.3 Å². The average molecular weight is 223 g/mol. The summed E-state index contributed by atoms with van der Waals surface area (Å²) in [6.45, 7) is 6.25. The fourth-order valence-electron chi connectivity index (χ4n) is 2.01. The molecule has 0 amide bonds. The predicted molar refractivity (Wildman–Crippen MR) is 67.0 cm³/mol. The zero-order chi connectivity index (χ0) is 11.8. The van der Waals surface area contributed by atoms with Crippen LogP contribution in [0.3, 0.4) is 0 Å². The largest absolute Gasteiger partial charge is 0.317 e. The van der Waals surface area contributed by atoms with Crippen LogP contribution in [0.2, 0.25) is 0 Å². The van der Waals surface area contributed by atoms with Crippen molar-refractivity contribution in [1.82, 2.24) is 5.32 Å². The van der Waals surface area contributed by atoms with Crippen LogP contribution < -0.4 is 5.32 Å². The van der Waals surface area contributed by atoms with Crippen LogP contribution in [0.15, 0.2) is 24.3 Å². The van der Waals surface area contributed by atoms with Gasteiger partial charge >= 0.3 is 0 Å². The molecular weight excluding hydrogens is 201 g/mol. The summed E-state index contributed by atoms with van der Waals surface area (Å²) in [4.78, 5) is 0. The molecule has 90 valence electrons. The summed E-state index contributed by atoms with van der Waals surface area (Å²) in [6, 6.07) is 7.10. The van der Waals surface area contributed by atoms with Gasteiger partial charge in [0.25, 0.3) is 0 Å². The van der Waals surface area contributed by atoms with Gasteiger partial charge in [-0.05, 0) is 43.5 Å². The highest BCUT2D eigenvalue weighted by molar-refractivity contribution is 5.17. The Morgan fingerprint density at radius 2 is 2.00 bits per heavy atom. The van der Waals surface area contributed by atoms with Crippen molar-refractivity contribution >= 4 is 0 Å². The van der Waals surface area contributed by atoms with Gasteiger partial charge in [-0.25, -0.2) is 4.39 Å². The second-order valence-electron chi connectivity index (χ2n) is 4.26. The van der Waals surface area contributed by atoms with E-state index >= 15 is 0 Å². The van der Waals surface area contributed by atoms with Gasteiger partial charge in [0.15, 0.2) is 0 Å². The third kappa shape index (κ3) is 4.31. The highest BCUT2D eigenvalue weighted by Crippen LogP contribution is 2.16. The van der Waals surface area contributed by atoms with Gasteiger partial charge in [0, 0.05) is 0 Å². The van der Waals surface area contributed by atoms with Crippen molar-refractivity contribution in [3.63, 3.8) is 0 Å². The van der Waals surface area contributed by atoms with E-state index in [0.29, 0.717) is 5.92 Å². The first-order valence-electron chi connectivity index (χ1n) is 6.22. The maximum atomic E-state index is 13.5. The molecule has 0 bridgehead atoms. The average Bonchev–Trinajstić information content (AvgIpc) is 2.29. The standard InChI is InChI=1S/C14H22FN/c1-3-7-12(11-16-4-2)10-13-8-5-6-9-14(13)15/h5-6,8-9,12,16H,3-4,7,10-11H2,1-2H3. The number of nitrogens with one attached hydrogen (secondary N) is 1. The molecule has 1 unspecified atom stereocenters. The summed E-state index contributed by atoms with van der Waals surface area (Å²) in [6.07, 6.45) is 3.15. The molecule has 1 rings (SSSR count). The van der Waals surface area contributed by atoms with Crippen LogP contribution >= 0.6 is 0 Å². The quantitative estimate of drug-likeness (QED) is 0.747. The zero-order valence-electron chi connectivity index (χ0n) is 10.3. The van der Waals surface area contributed by atoms with E-state index in [-0.39, 0.29) is 5.82 Å². The molecule has 1 aromatic carbocycles. The Hall–Kier alpha value is -0.890. The Kier molecular flexibility index (Phi) is 6.09. The molecule has 0 saturated carbocycles. The molecule has 1 nitrogen and oxygen atoms in total. The monoisotopic (exact) mass is 223 g/mol. The van der Waals surface area contributed by atoms with Gasteiger partial charge in [0.2, 0.25) is 0 Å². The maximum Gasteiger partial charge on any atom is 0.126 e. The Morgan fingerprint density at radius 3 is 2.62 bits per heavy atom. The van der Waals surface area contributed by atoms with E-state index in [1.165, 1.54) is 0 Å². The van der Waals surface area contributed by atoms with E-state index in [1.807, 2.05) is 12.1 Å². The van der Waals surface area contributed by atoms with Gasteiger partial charge < -0.3 is 5.32 Å². The van der Waals surface area contributed by atoms with E-state index in [9.17, 15) is 4.39 Å². The number of halogens is 1. The molecule has 0 radical (unpaired) electrons. The lowest BCUT2D eigenvalue weighted by atomic mass is 9.94. The minimum atomic E-state index is -0.0694. The summed E-state index contributed by atoms with van der Waals surface area (Å²) in [5, 5.41) is 3.35. The highest BCUT2D eigenvalue weighted by Gasteiger charge is 2.10. The second-order valence-corrected chi connectivity index (χ2v) is 4.26. The minimum Gasteiger partial charge on any atom is -0.317 e. The van der Waals surface area contributed by atoms with Crippen LogP contribution in [0.5, 0.6) is 0 Å². The van der Waals surface area contributed by atoms with Gasteiger partial charge in [-0.15, -0.1) is 0 Å². The van der Waals surface area contributed by atoms with Gasteiger partial charge in [-0.1, -0.05) is 38.5 Å². The highest BCUT2D eigenvalue weighted by atomic mass is 19.1. The van der Waals surface area contributed by atoms with Crippen LogP contribution in [0.4, 0.5) is 4.39 Å². The van der Waals surface area contributed by atoms with Gasteiger partial charge in [0.1, 0.15) is 5.82 Å². The van der Waals surface area contributed by atoms with Gasteiger partial charge in [0.05, 0.1) is 0 Å². The molecule has 0 spiro atoms. The molecule has 1 aromatic rings. The van der Waals surface area contributed by atoms with E-state index in [0.717, 1.165) is 37.9 Å². The third-order valence-electron chi connectivity index (χ3n) is 2.85. The normalized spacial score (nSPS) is 12.7. The van der Waals surface area contributed by atoms with E-state index in [2.05, 4.69) is 19.2 Å². The predicted octanol–water partition coefficient (Wildman–Crippen LogP) is 3.39. The molecule has 0 saturated heterocycles. The molecule has 0 aromatic heterocycles. The summed E-state index contributed by atoms with van der Waals surface area (Å²) in [7, 11) is 0. The van der Waals surface area contributed by atoms with Gasteiger partial charge in [-0.2, -0.15) is 0 Å². The summed E-state index contributed by atoms with van der Waals surface area (Å²) in [5.41, 5.74) is 0.846. The molecule has 0 aliphatic carbocycles. The molecule has 1 atom stereocenters. The molecule has 2 heteroatoms. The summed E-state index contributed by atoms with van der Waals surface area (Å²) >= 11 is 0. The van der Waals surface area contributed by atoms with Crippen LogP contribution in [-0.4, -0.2) is 13.1 Å². The number of benzene rings is 1. The second kappa shape index (κ2) is 7.39. The van der Waals surface area contributed by atoms with Crippen molar-refractivity contribution in [3.8, 4) is 0 Å². The van der Waals surface area contributed by atoms with Gasteiger partial charge in [-0.3, -0.25) is 0 Å². The fourth-order valence-corrected chi connectivity index (χ4v) is 2.01. The molecule has 0 fully saturated rings. The van der Waals surface area contributed by atoms with Crippen molar-refractivity contribution in [2.24, 2.45) is 5.92 Å². The maximum absolute atomic E-state index is 13.5. The van der Waals surface area contributed by atoms with Crippen molar-refractivity contribution in [3.05, 3.63) is 35.6 Å². The smallest absolute Gasteiger partial charge is 0.126 e. The SMILES string of the molecule is CCCC(CNCC)Cc1ccccc1F. The van der Waals surface area contributed by atoms with Crippen molar-refractivity contribution in [2.75, 3.05) is 13.1 Å². The lowest BCUT2D eigenvalue weighted by Gasteiger charge is -2.16. The van der Waals surface area contributed by atoms with E-state index in [4.69, 9.17) is 0 Å². The molecular formula is C14H22FN. The lowest BCUT2D eigenvalue weighted by molar-refractivity contribution is 0.436. The Balaban J connectivity index is 2.56. The van der Waals surface area contributed by atoms with Crippen molar-refractivity contribution < 1.29 is 4.39 Å². The van der Waals surface area contributed by atoms with Crippen LogP contribution in [-0.2, 0) is 6.42 Å². The summed E-state index contributed by atoms with van der Waals surface area (Å²) in [5.74, 6) is 0.474. The molecule has 0 heterocycles. The first-order valence-corrected chi connectivity index (χ1v) is 6.22. The van der Waals surface area contributed by atoms with Crippen LogP contribution in [0, 0.1) is 11.7 Å². The van der Waals surface area contributed by atoms with Crippen LogP contribution in [0.25, 0.3) is 0 Å². The number of hydrogen-bond acceptors (Lipinski definition) is 1. The molecule has 0 aliphatic heterocycles.